The molecule has 2 aromatic rings. The molecule has 0 bridgehead atoms. The molecule has 21 heavy (non-hydrogen) atoms. The second-order valence-electron chi connectivity index (χ2n) is 4.12. The molecule has 0 fully saturated rings. The number of hydrogen-bond acceptors (Lipinski definition) is 4. The van der Waals surface area contributed by atoms with Gasteiger partial charge in [-0.1, -0.05) is 12.1 Å². The Morgan fingerprint density at radius 3 is 2.05 bits per heavy atom. The van der Waals surface area contributed by atoms with Crippen molar-refractivity contribution in [1.82, 2.24) is 0 Å². The first-order chi connectivity index (χ1) is 10.1. The highest BCUT2D eigenvalue weighted by atomic mass is 19.1. The highest BCUT2D eigenvalue weighted by molar-refractivity contribution is 5.98. The first kappa shape index (κ1) is 14.6. The standard InChI is InChI=1S/C15H15FN2O3/c1-19-11-7-4-8-12(20-2)14(11)21-10-6-3-5-9(16)13(10)15(17)18/h3-8H,1-2H3,(H3,17,18). The zero-order valence-corrected chi connectivity index (χ0v) is 11.6. The molecule has 0 heterocycles. The number of halogens is 1. The fourth-order valence-electron chi connectivity index (χ4n) is 1.88. The van der Waals surface area contributed by atoms with E-state index in [4.69, 9.17) is 25.4 Å². The van der Waals surface area contributed by atoms with E-state index in [1.807, 2.05) is 0 Å². The largest absolute Gasteiger partial charge is 0.493 e. The van der Waals surface area contributed by atoms with Gasteiger partial charge in [0.25, 0.3) is 0 Å². The third-order valence-electron chi connectivity index (χ3n) is 2.84. The van der Waals surface area contributed by atoms with Crippen molar-refractivity contribution in [2.24, 2.45) is 5.73 Å². The predicted octanol–water partition coefficient (Wildman–Crippen LogP) is 2.92. The summed E-state index contributed by atoms with van der Waals surface area (Å²) in [5.41, 5.74) is 5.30. The Bertz CT molecular complexity index is 652. The molecular formula is C15H15FN2O3. The maximum absolute atomic E-state index is 13.8. The normalized spacial score (nSPS) is 10.0. The molecule has 2 rings (SSSR count). The summed E-state index contributed by atoms with van der Waals surface area (Å²) in [6, 6.07) is 9.31. The van der Waals surface area contributed by atoms with Gasteiger partial charge in [-0.3, -0.25) is 5.41 Å². The molecule has 0 radical (unpaired) electrons. The van der Waals surface area contributed by atoms with E-state index in [1.54, 1.807) is 18.2 Å². The van der Waals surface area contributed by atoms with Gasteiger partial charge in [0, 0.05) is 0 Å². The Balaban J connectivity index is 2.53. The SMILES string of the molecule is COc1cccc(OC)c1Oc1cccc(F)c1C(=N)N. The molecule has 0 atom stereocenters. The summed E-state index contributed by atoms with van der Waals surface area (Å²) < 4.78 is 29.9. The van der Waals surface area contributed by atoms with Gasteiger partial charge in [-0.05, 0) is 24.3 Å². The maximum atomic E-state index is 13.8. The Kier molecular flexibility index (Phi) is 4.27. The van der Waals surface area contributed by atoms with Crippen molar-refractivity contribution in [2.75, 3.05) is 14.2 Å². The van der Waals surface area contributed by atoms with E-state index in [0.29, 0.717) is 11.5 Å². The number of ether oxygens (including phenoxy) is 3. The van der Waals surface area contributed by atoms with E-state index in [2.05, 4.69) is 0 Å². The van der Waals surface area contributed by atoms with E-state index in [1.165, 1.54) is 32.4 Å². The second-order valence-corrected chi connectivity index (χ2v) is 4.12. The summed E-state index contributed by atoms with van der Waals surface area (Å²) in [7, 11) is 2.97. The molecule has 0 unspecified atom stereocenters. The molecule has 0 aliphatic rings. The predicted molar refractivity (Wildman–Crippen MR) is 77.0 cm³/mol. The van der Waals surface area contributed by atoms with Crippen LogP contribution >= 0.6 is 0 Å². The number of nitrogens with two attached hydrogens (primary N) is 1. The van der Waals surface area contributed by atoms with Crippen molar-refractivity contribution in [3.8, 4) is 23.0 Å². The number of nitrogens with one attached hydrogen (secondary N) is 1. The molecule has 2 aromatic carbocycles. The summed E-state index contributed by atoms with van der Waals surface area (Å²) in [6.07, 6.45) is 0. The number of para-hydroxylation sites is 1. The fourth-order valence-corrected chi connectivity index (χ4v) is 1.88. The van der Waals surface area contributed by atoms with E-state index in [0.717, 1.165) is 0 Å². The van der Waals surface area contributed by atoms with Gasteiger partial charge in [-0.25, -0.2) is 4.39 Å². The van der Waals surface area contributed by atoms with Gasteiger partial charge in [0.15, 0.2) is 11.5 Å². The lowest BCUT2D eigenvalue weighted by molar-refractivity contribution is 0.345. The average Bonchev–Trinajstić information content (AvgIpc) is 2.47. The number of methoxy groups -OCH3 is 2. The van der Waals surface area contributed by atoms with Crippen LogP contribution in [-0.4, -0.2) is 20.1 Å². The van der Waals surface area contributed by atoms with E-state index < -0.39 is 11.7 Å². The third-order valence-corrected chi connectivity index (χ3v) is 2.84. The van der Waals surface area contributed by atoms with Crippen molar-refractivity contribution in [3.05, 3.63) is 47.8 Å². The summed E-state index contributed by atoms with van der Waals surface area (Å²) in [5.74, 6) is 0.202. The van der Waals surface area contributed by atoms with Crippen LogP contribution < -0.4 is 19.9 Å². The van der Waals surface area contributed by atoms with Gasteiger partial charge < -0.3 is 19.9 Å². The molecule has 0 saturated carbocycles. The Hall–Kier alpha value is -2.76. The topological polar surface area (TPSA) is 77.6 Å². The van der Waals surface area contributed by atoms with Gasteiger partial charge in [0.2, 0.25) is 5.75 Å². The molecule has 0 spiro atoms. The minimum Gasteiger partial charge on any atom is -0.493 e. The minimum absolute atomic E-state index is 0.106. The van der Waals surface area contributed by atoms with Crippen LogP contribution in [-0.2, 0) is 0 Å². The van der Waals surface area contributed by atoms with Crippen molar-refractivity contribution < 1.29 is 18.6 Å². The molecule has 0 saturated heterocycles. The van der Waals surface area contributed by atoms with Gasteiger partial charge >= 0.3 is 0 Å². The van der Waals surface area contributed by atoms with Crippen molar-refractivity contribution in [2.45, 2.75) is 0 Å². The number of benzene rings is 2. The Morgan fingerprint density at radius 2 is 1.52 bits per heavy atom. The summed E-state index contributed by atoms with van der Waals surface area (Å²) in [4.78, 5) is 0. The van der Waals surface area contributed by atoms with Crippen molar-refractivity contribution in [3.63, 3.8) is 0 Å². The number of hydrogen-bond donors (Lipinski definition) is 2. The lowest BCUT2D eigenvalue weighted by atomic mass is 10.1. The molecular weight excluding hydrogens is 275 g/mol. The molecule has 0 amide bonds. The van der Waals surface area contributed by atoms with E-state index in [-0.39, 0.29) is 17.1 Å². The van der Waals surface area contributed by atoms with Crippen LogP contribution in [0.15, 0.2) is 36.4 Å². The molecule has 0 aliphatic carbocycles. The lowest BCUT2D eigenvalue weighted by Crippen LogP contribution is -2.14. The van der Waals surface area contributed by atoms with Gasteiger partial charge in [-0.15, -0.1) is 0 Å². The monoisotopic (exact) mass is 290 g/mol. The third kappa shape index (κ3) is 2.89. The van der Waals surface area contributed by atoms with Crippen LogP contribution in [0.2, 0.25) is 0 Å². The first-order valence-electron chi connectivity index (χ1n) is 6.10. The van der Waals surface area contributed by atoms with Crippen molar-refractivity contribution in [1.29, 1.82) is 5.41 Å². The Labute approximate surface area is 121 Å². The Morgan fingerprint density at radius 1 is 1.00 bits per heavy atom. The number of amidine groups is 1. The number of rotatable bonds is 5. The molecule has 5 nitrogen and oxygen atoms in total. The summed E-state index contributed by atoms with van der Waals surface area (Å²) >= 11 is 0. The smallest absolute Gasteiger partial charge is 0.211 e. The van der Waals surface area contributed by atoms with E-state index in [9.17, 15) is 4.39 Å². The molecule has 110 valence electrons. The lowest BCUT2D eigenvalue weighted by Gasteiger charge is -2.16. The van der Waals surface area contributed by atoms with Gasteiger partial charge in [0.05, 0.1) is 19.8 Å². The van der Waals surface area contributed by atoms with Crippen LogP contribution in [0.1, 0.15) is 5.56 Å². The highest BCUT2D eigenvalue weighted by Gasteiger charge is 2.17. The number of nitrogen functional groups attached to an aromatic ring is 1. The fraction of sp³-hybridized carbons (Fsp3) is 0.133. The van der Waals surface area contributed by atoms with Crippen LogP contribution in [0.25, 0.3) is 0 Å². The van der Waals surface area contributed by atoms with Crippen molar-refractivity contribution >= 4 is 5.84 Å². The van der Waals surface area contributed by atoms with E-state index >= 15 is 0 Å². The first-order valence-corrected chi connectivity index (χ1v) is 6.10. The average molecular weight is 290 g/mol. The zero-order valence-electron chi connectivity index (χ0n) is 11.6. The van der Waals surface area contributed by atoms with Gasteiger partial charge in [-0.2, -0.15) is 0 Å². The quantitative estimate of drug-likeness (QED) is 0.655. The zero-order chi connectivity index (χ0) is 15.4. The second kappa shape index (κ2) is 6.13. The van der Waals surface area contributed by atoms with Crippen LogP contribution in [0, 0.1) is 11.2 Å². The van der Waals surface area contributed by atoms with Gasteiger partial charge in [0.1, 0.15) is 17.4 Å². The minimum atomic E-state index is -0.631. The maximum Gasteiger partial charge on any atom is 0.211 e. The summed E-state index contributed by atoms with van der Waals surface area (Å²) in [5, 5.41) is 7.48. The van der Waals surface area contributed by atoms with Crippen LogP contribution in [0.5, 0.6) is 23.0 Å². The van der Waals surface area contributed by atoms with Crippen LogP contribution in [0.4, 0.5) is 4.39 Å². The molecule has 0 aliphatic heterocycles. The van der Waals surface area contributed by atoms with Crippen LogP contribution in [0.3, 0.4) is 0 Å². The molecule has 0 aromatic heterocycles. The highest BCUT2D eigenvalue weighted by Crippen LogP contribution is 2.40. The molecule has 3 N–H and O–H groups in total. The molecule has 6 heteroatoms. The summed E-state index contributed by atoms with van der Waals surface area (Å²) in [6.45, 7) is 0.